The van der Waals surface area contributed by atoms with Crippen LogP contribution in [0.1, 0.15) is 27.2 Å². The zero-order valence-electron chi connectivity index (χ0n) is 6.94. The van der Waals surface area contributed by atoms with E-state index in [0.29, 0.717) is 0 Å². The first-order valence-electron chi connectivity index (χ1n) is 3.66. The number of nitrogens with two attached hydrogens (primary N) is 1. The van der Waals surface area contributed by atoms with Gasteiger partial charge in [-0.3, -0.25) is 0 Å². The lowest BCUT2D eigenvalue weighted by Gasteiger charge is -2.20. The van der Waals surface area contributed by atoms with Crippen molar-refractivity contribution in [1.82, 2.24) is 0 Å². The van der Waals surface area contributed by atoms with Gasteiger partial charge < -0.3 is 5.73 Å². The van der Waals surface area contributed by atoms with Gasteiger partial charge >= 0.3 is 0 Å². The van der Waals surface area contributed by atoms with Crippen molar-refractivity contribution in [2.45, 2.75) is 27.2 Å². The first-order valence-corrected chi connectivity index (χ1v) is 3.66. The van der Waals surface area contributed by atoms with Gasteiger partial charge in [-0.1, -0.05) is 32.4 Å². The van der Waals surface area contributed by atoms with Crippen LogP contribution < -0.4 is 5.73 Å². The Morgan fingerprint density at radius 2 is 1.90 bits per heavy atom. The fourth-order valence-corrected chi connectivity index (χ4v) is 1.06. The Morgan fingerprint density at radius 1 is 1.30 bits per heavy atom. The molecule has 0 aliphatic heterocycles. The van der Waals surface area contributed by atoms with Crippen LogP contribution in [0, 0.1) is 5.41 Å². The predicted molar refractivity (Wildman–Crippen MR) is 44.4 cm³/mol. The fraction of sp³-hybridized carbons (Fsp3) is 0.556. The lowest BCUT2D eigenvalue weighted by molar-refractivity contribution is 0.494. The van der Waals surface area contributed by atoms with Crippen LogP contribution in [0.5, 0.6) is 0 Å². The summed E-state index contributed by atoms with van der Waals surface area (Å²) in [7, 11) is 0. The molecule has 0 amide bonds. The van der Waals surface area contributed by atoms with Crippen molar-refractivity contribution in [2.75, 3.05) is 0 Å². The summed E-state index contributed by atoms with van der Waals surface area (Å²) in [5.74, 6) is 0. The molecule has 1 rings (SSSR count). The molecule has 0 radical (unpaired) electrons. The van der Waals surface area contributed by atoms with Gasteiger partial charge in [0.15, 0.2) is 0 Å². The number of hydrogen-bond donors (Lipinski definition) is 1. The predicted octanol–water partition coefficient (Wildman–Crippen LogP) is 2.21. The van der Waals surface area contributed by atoms with Crippen molar-refractivity contribution in [2.24, 2.45) is 11.1 Å². The van der Waals surface area contributed by atoms with Crippen molar-refractivity contribution < 1.29 is 0 Å². The van der Waals surface area contributed by atoms with Crippen LogP contribution >= 0.6 is 0 Å². The van der Waals surface area contributed by atoms with E-state index in [1.165, 1.54) is 5.57 Å². The second-order valence-corrected chi connectivity index (χ2v) is 3.86. The van der Waals surface area contributed by atoms with Crippen molar-refractivity contribution in [1.29, 1.82) is 0 Å². The molecule has 0 heterocycles. The highest BCUT2D eigenvalue weighted by molar-refractivity contribution is 5.31. The molecule has 1 heteroatoms. The van der Waals surface area contributed by atoms with E-state index in [-0.39, 0.29) is 5.41 Å². The summed E-state index contributed by atoms with van der Waals surface area (Å²) in [5, 5.41) is 0. The number of hydrogen-bond acceptors (Lipinski definition) is 1. The van der Waals surface area contributed by atoms with E-state index in [1.807, 2.05) is 6.08 Å². The molecule has 0 atom stereocenters. The van der Waals surface area contributed by atoms with Gasteiger partial charge in [0.25, 0.3) is 0 Å². The molecule has 0 saturated carbocycles. The monoisotopic (exact) mass is 137 g/mol. The Balaban J connectivity index is 2.66. The molecule has 1 aliphatic carbocycles. The first kappa shape index (κ1) is 7.39. The molecule has 0 fully saturated rings. The summed E-state index contributed by atoms with van der Waals surface area (Å²) in [6.45, 7) is 6.64. The van der Waals surface area contributed by atoms with Gasteiger partial charge in [0.05, 0.1) is 0 Å². The summed E-state index contributed by atoms with van der Waals surface area (Å²) in [6.07, 6.45) is 5.10. The van der Waals surface area contributed by atoms with Gasteiger partial charge in [0.2, 0.25) is 0 Å². The van der Waals surface area contributed by atoms with E-state index in [1.54, 1.807) is 0 Å². The third-order valence-corrected chi connectivity index (χ3v) is 1.86. The molecule has 0 spiro atoms. The highest BCUT2D eigenvalue weighted by atomic mass is 14.6. The topological polar surface area (TPSA) is 26.0 Å². The zero-order valence-corrected chi connectivity index (χ0v) is 6.94. The van der Waals surface area contributed by atoms with Crippen molar-refractivity contribution >= 4 is 0 Å². The normalized spacial score (nSPS) is 18.7. The molecule has 0 aromatic carbocycles. The highest BCUT2D eigenvalue weighted by Gasteiger charge is 2.19. The molecule has 0 saturated heterocycles. The minimum Gasteiger partial charge on any atom is -0.402 e. The minimum atomic E-state index is 0.289. The lowest BCUT2D eigenvalue weighted by atomic mass is 9.86. The van der Waals surface area contributed by atoms with Crippen molar-refractivity contribution in [3.05, 3.63) is 23.4 Å². The van der Waals surface area contributed by atoms with Gasteiger partial charge in [-0.25, -0.2) is 0 Å². The van der Waals surface area contributed by atoms with Crippen molar-refractivity contribution in [3.8, 4) is 0 Å². The second-order valence-electron chi connectivity index (χ2n) is 3.86. The Bertz CT molecular complexity index is 191. The van der Waals surface area contributed by atoms with Crippen LogP contribution in [0.2, 0.25) is 0 Å². The smallest absolute Gasteiger partial charge is 0.0122 e. The molecule has 0 aromatic rings. The van der Waals surface area contributed by atoms with Crippen LogP contribution in [0.25, 0.3) is 0 Å². The van der Waals surface area contributed by atoms with Crippen LogP contribution in [0.15, 0.2) is 23.4 Å². The summed E-state index contributed by atoms with van der Waals surface area (Å²) in [6, 6.07) is 0. The Hall–Kier alpha value is -0.720. The van der Waals surface area contributed by atoms with E-state index < -0.39 is 0 Å². The minimum absolute atomic E-state index is 0.289. The molecule has 1 nitrogen and oxygen atoms in total. The van der Waals surface area contributed by atoms with E-state index in [0.717, 1.165) is 12.1 Å². The lowest BCUT2D eigenvalue weighted by Crippen LogP contribution is -2.09. The van der Waals surface area contributed by atoms with Gasteiger partial charge in [-0.15, -0.1) is 0 Å². The van der Waals surface area contributed by atoms with Crippen LogP contribution in [0.3, 0.4) is 0 Å². The largest absolute Gasteiger partial charge is 0.402 e. The van der Waals surface area contributed by atoms with Crippen LogP contribution in [-0.2, 0) is 0 Å². The molecule has 0 aromatic heterocycles. The second kappa shape index (κ2) is 2.15. The molecule has 0 bridgehead atoms. The third kappa shape index (κ3) is 1.41. The summed E-state index contributed by atoms with van der Waals surface area (Å²) < 4.78 is 0. The van der Waals surface area contributed by atoms with Gasteiger partial charge in [-0.2, -0.15) is 0 Å². The molecule has 10 heavy (non-hydrogen) atoms. The van der Waals surface area contributed by atoms with Gasteiger partial charge in [0.1, 0.15) is 0 Å². The highest BCUT2D eigenvalue weighted by Crippen LogP contribution is 2.32. The molecule has 1 aliphatic rings. The Morgan fingerprint density at radius 3 is 2.10 bits per heavy atom. The van der Waals surface area contributed by atoms with E-state index in [9.17, 15) is 0 Å². The maximum Gasteiger partial charge on any atom is 0.0122 e. The Kier molecular flexibility index (Phi) is 1.59. The molecule has 0 unspecified atom stereocenters. The quantitative estimate of drug-likeness (QED) is 0.544. The summed E-state index contributed by atoms with van der Waals surface area (Å²) in [5.41, 5.74) is 8.35. The number of rotatable bonds is 0. The maximum absolute atomic E-state index is 5.63. The Labute approximate surface area is 62.6 Å². The summed E-state index contributed by atoms with van der Waals surface area (Å²) in [4.78, 5) is 0. The number of allylic oxidation sites excluding steroid dienone is 3. The average molecular weight is 137 g/mol. The van der Waals surface area contributed by atoms with Crippen LogP contribution in [-0.4, -0.2) is 0 Å². The average Bonchev–Trinajstić information content (AvgIpc) is 2.11. The van der Waals surface area contributed by atoms with Crippen LogP contribution in [0.4, 0.5) is 0 Å². The standard InChI is InChI=1S/C9H15N/c1-9(2,3)7-4-5-8(10)6-7/h4-5H,6,10H2,1-3H3. The molecule has 2 N–H and O–H groups in total. The zero-order chi connectivity index (χ0) is 7.78. The first-order chi connectivity index (χ1) is 4.50. The van der Waals surface area contributed by atoms with E-state index in [2.05, 4.69) is 26.8 Å². The molecule has 56 valence electrons. The van der Waals surface area contributed by atoms with E-state index >= 15 is 0 Å². The van der Waals surface area contributed by atoms with Gasteiger partial charge in [-0.05, 0) is 11.5 Å². The van der Waals surface area contributed by atoms with Gasteiger partial charge in [0, 0.05) is 12.1 Å². The fourth-order valence-electron chi connectivity index (χ4n) is 1.06. The third-order valence-electron chi connectivity index (χ3n) is 1.86. The SMILES string of the molecule is CC(C)(C)C1=CC=C(N)C1. The van der Waals surface area contributed by atoms with Crippen molar-refractivity contribution in [3.63, 3.8) is 0 Å². The van der Waals surface area contributed by atoms with E-state index in [4.69, 9.17) is 5.73 Å². The maximum atomic E-state index is 5.63. The molecular formula is C9H15N. The molecular weight excluding hydrogens is 122 g/mol. The summed E-state index contributed by atoms with van der Waals surface area (Å²) >= 11 is 0.